The molecule has 19 heavy (non-hydrogen) atoms. The smallest absolute Gasteiger partial charge is 0.103 e. The zero-order valence-corrected chi connectivity index (χ0v) is 13.0. The van der Waals surface area contributed by atoms with E-state index in [9.17, 15) is 0 Å². The molecule has 0 aliphatic carbocycles. The molecule has 0 saturated heterocycles. The monoisotopic (exact) mass is 258 g/mol. The summed E-state index contributed by atoms with van der Waals surface area (Å²) in [5.41, 5.74) is 9.91. The van der Waals surface area contributed by atoms with E-state index in [1.165, 1.54) is 11.1 Å². The third-order valence-electron chi connectivity index (χ3n) is 3.29. The van der Waals surface area contributed by atoms with E-state index in [1.807, 2.05) is 11.9 Å². The summed E-state index contributed by atoms with van der Waals surface area (Å²) in [7, 11) is 1.99. The largest absolute Gasteiger partial charge is 0.385 e. The Hall–Kier alpha value is -1.70. The van der Waals surface area contributed by atoms with Gasteiger partial charge in [0.15, 0.2) is 0 Å². The van der Waals surface area contributed by atoms with Gasteiger partial charge in [-0.25, -0.2) is 0 Å². The Balaban J connectivity index is 2.99. The normalized spacial score (nSPS) is 13.6. The number of hydrogen-bond donors (Lipinski definition) is 1. The van der Waals surface area contributed by atoms with Crippen molar-refractivity contribution >= 4 is 5.69 Å². The molecule has 104 valence electrons. The van der Waals surface area contributed by atoms with Crippen LogP contribution in [0.5, 0.6) is 0 Å². The van der Waals surface area contributed by atoms with E-state index in [0.717, 1.165) is 11.5 Å². The zero-order chi connectivity index (χ0) is 14.6. The topological polar surface area (TPSA) is 29.3 Å². The van der Waals surface area contributed by atoms with E-state index < -0.39 is 0 Å². The number of allylic oxidation sites excluding steroid dienone is 3. The summed E-state index contributed by atoms with van der Waals surface area (Å²) in [6, 6.07) is 8.36. The summed E-state index contributed by atoms with van der Waals surface area (Å²) in [4.78, 5) is 2.01. The fraction of sp³-hybridized carbons (Fsp3) is 0.412. The van der Waals surface area contributed by atoms with Crippen molar-refractivity contribution < 1.29 is 0 Å². The van der Waals surface area contributed by atoms with Crippen LogP contribution < -0.4 is 10.6 Å². The van der Waals surface area contributed by atoms with Crippen molar-refractivity contribution in [3.63, 3.8) is 0 Å². The standard InChI is InChI=1S/C17H26N2/c1-7-14(17(3,4)5)12-16(18)19(6)15-10-8-13(2)9-11-15/h7-12H,18H2,1-6H3/b14-7?,16-12-. The molecular weight excluding hydrogens is 232 g/mol. The Morgan fingerprint density at radius 3 is 2.11 bits per heavy atom. The van der Waals surface area contributed by atoms with E-state index in [0.29, 0.717) is 0 Å². The van der Waals surface area contributed by atoms with Gasteiger partial charge in [0.2, 0.25) is 0 Å². The van der Waals surface area contributed by atoms with Gasteiger partial charge >= 0.3 is 0 Å². The maximum absolute atomic E-state index is 6.21. The third-order valence-corrected chi connectivity index (χ3v) is 3.29. The van der Waals surface area contributed by atoms with Gasteiger partial charge in [0.1, 0.15) is 5.82 Å². The fourth-order valence-corrected chi connectivity index (χ4v) is 1.91. The zero-order valence-electron chi connectivity index (χ0n) is 13.0. The van der Waals surface area contributed by atoms with Crippen molar-refractivity contribution in [3.8, 4) is 0 Å². The molecule has 1 aromatic carbocycles. The molecule has 2 nitrogen and oxygen atoms in total. The summed E-state index contributed by atoms with van der Waals surface area (Å²) in [5.74, 6) is 0.756. The van der Waals surface area contributed by atoms with Crippen LogP contribution in [0.1, 0.15) is 33.3 Å². The van der Waals surface area contributed by atoms with Crippen LogP contribution in [-0.4, -0.2) is 7.05 Å². The second kappa shape index (κ2) is 5.96. The second-order valence-electron chi connectivity index (χ2n) is 5.96. The molecule has 0 atom stereocenters. The Morgan fingerprint density at radius 2 is 1.68 bits per heavy atom. The molecule has 0 spiro atoms. The van der Waals surface area contributed by atoms with Crippen LogP contribution in [0.25, 0.3) is 0 Å². The first-order chi connectivity index (χ1) is 8.75. The number of benzene rings is 1. The Labute approximate surface area is 117 Å². The highest BCUT2D eigenvalue weighted by Crippen LogP contribution is 2.27. The third kappa shape index (κ3) is 4.16. The van der Waals surface area contributed by atoms with Gasteiger partial charge in [0.25, 0.3) is 0 Å². The van der Waals surface area contributed by atoms with Crippen molar-refractivity contribution in [2.24, 2.45) is 11.1 Å². The maximum atomic E-state index is 6.21. The molecule has 0 heterocycles. The minimum atomic E-state index is 0.105. The van der Waals surface area contributed by atoms with Gasteiger partial charge in [-0.2, -0.15) is 0 Å². The average molecular weight is 258 g/mol. The molecule has 0 fully saturated rings. The van der Waals surface area contributed by atoms with E-state index >= 15 is 0 Å². The maximum Gasteiger partial charge on any atom is 0.103 e. The van der Waals surface area contributed by atoms with E-state index in [2.05, 4.69) is 71.0 Å². The van der Waals surface area contributed by atoms with Crippen molar-refractivity contribution in [1.29, 1.82) is 0 Å². The Bertz CT molecular complexity index is 473. The molecule has 0 saturated carbocycles. The first-order valence-electron chi connectivity index (χ1n) is 6.70. The summed E-state index contributed by atoms with van der Waals surface area (Å²) < 4.78 is 0. The molecule has 1 rings (SSSR count). The van der Waals surface area contributed by atoms with Crippen molar-refractivity contribution in [1.82, 2.24) is 0 Å². The van der Waals surface area contributed by atoms with Crippen molar-refractivity contribution in [2.75, 3.05) is 11.9 Å². The van der Waals surface area contributed by atoms with Gasteiger partial charge in [-0.3, -0.25) is 0 Å². The molecule has 0 amide bonds. The van der Waals surface area contributed by atoms with Crippen molar-refractivity contribution in [3.05, 3.63) is 53.4 Å². The minimum absolute atomic E-state index is 0.105. The van der Waals surface area contributed by atoms with Gasteiger partial charge in [0, 0.05) is 12.7 Å². The molecule has 1 aromatic rings. The van der Waals surface area contributed by atoms with Crippen molar-refractivity contribution in [2.45, 2.75) is 34.6 Å². The predicted molar refractivity (Wildman–Crippen MR) is 85.1 cm³/mol. The van der Waals surface area contributed by atoms with Gasteiger partial charge in [-0.15, -0.1) is 0 Å². The lowest BCUT2D eigenvalue weighted by Gasteiger charge is -2.24. The van der Waals surface area contributed by atoms with Gasteiger partial charge in [-0.05, 0) is 43.0 Å². The average Bonchev–Trinajstić information content (AvgIpc) is 2.34. The number of anilines is 1. The molecule has 2 N–H and O–H groups in total. The number of nitrogens with two attached hydrogens (primary N) is 1. The first kappa shape index (κ1) is 15.4. The minimum Gasteiger partial charge on any atom is -0.385 e. The van der Waals surface area contributed by atoms with Gasteiger partial charge < -0.3 is 10.6 Å². The molecule has 0 aliphatic heterocycles. The first-order valence-corrected chi connectivity index (χ1v) is 6.70. The van der Waals surface area contributed by atoms with Crippen LogP contribution in [-0.2, 0) is 0 Å². The lowest BCUT2D eigenvalue weighted by Crippen LogP contribution is -2.24. The lowest BCUT2D eigenvalue weighted by molar-refractivity contribution is 0.515. The molecule has 0 aromatic heterocycles. The molecule has 2 heteroatoms. The fourth-order valence-electron chi connectivity index (χ4n) is 1.91. The van der Waals surface area contributed by atoms with Crippen LogP contribution in [0, 0.1) is 12.3 Å². The van der Waals surface area contributed by atoms with E-state index in [4.69, 9.17) is 5.73 Å². The SMILES string of the molecule is CC=C(/C=C(/N)N(C)c1ccc(C)cc1)C(C)(C)C. The molecular formula is C17H26N2. The Morgan fingerprint density at radius 1 is 1.16 bits per heavy atom. The molecule has 0 bridgehead atoms. The summed E-state index contributed by atoms with van der Waals surface area (Å²) in [6.45, 7) is 10.7. The van der Waals surface area contributed by atoms with Crippen LogP contribution in [0.4, 0.5) is 5.69 Å². The number of hydrogen-bond acceptors (Lipinski definition) is 2. The molecule has 0 aliphatic rings. The van der Waals surface area contributed by atoms with Gasteiger partial charge in [0.05, 0.1) is 0 Å². The summed E-state index contributed by atoms with van der Waals surface area (Å²) in [5, 5.41) is 0. The van der Waals surface area contributed by atoms with E-state index in [-0.39, 0.29) is 5.41 Å². The van der Waals surface area contributed by atoms with Gasteiger partial charge in [-0.1, -0.05) is 44.5 Å². The van der Waals surface area contributed by atoms with Crippen LogP contribution in [0.15, 0.2) is 47.8 Å². The van der Waals surface area contributed by atoms with E-state index in [1.54, 1.807) is 0 Å². The molecule has 0 radical (unpaired) electrons. The summed E-state index contributed by atoms with van der Waals surface area (Å²) in [6.07, 6.45) is 4.18. The number of nitrogens with zero attached hydrogens (tertiary/aromatic N) is 1. The number of rotatable bonds is 3. The lowest BCUT2D eigenvalue weighted by atomic mass is 9.86. The molecule has 0 unspecified atom stereocenters. The van der Waals surface area contributed by atoms with Crippen LogP contribution >= 0.6 is 0 Å². The Kier molecular flexibility index (Phi) is 4.82. The van der Waals surface area contributed by atoms with Crippen LogP contribution in [0.2, 0.25) is 0 Å². The highest BCUT2D eigenvalue weighted by molar-refractivity contribution is 5.52. The highest BCUT2D eigenvalue weighted by Gasteiger charge is 2.15. The van der Waals surface area contributed by atoms with Crippen LogP contribution in [0.3, 0.4) is 0 Å². The number of aryl methyl sites for hydroxylation is 1. The highest BCUT2D eigenvalue weighted by atomic mass is 15.2. The predicted octanol–water partition coefficient (Wildman–Crippen LogP) is 4.22. The second-order valence-corrected chi connectivity index (χ2v) is 5.96. The summed E-state index contributed by atoms with van der Waals surface area (Å²) >= 11 is 0. The quantitative estimate of drug-likeness (QED) is 0.822.